The van der Waals surface area contributed by atoms with Crippen LogP contribution in [0.5, 0.6) is 0 Å². The minimum Gasteiger partial charge on any atom is -0.372 e. The largest absolute Gasteiger partial charge is 0.411 e. The van der Waals surface area contributed by atoms with Crippen molar-refractivity contribution >= 4 is 0 Å². The Hall–Kier alpha value is -0.290. The quantitative estimate of drug-likeness (QED) is 0.671. The van der Waals surface area contributed by atoms with Gasteiger partial charge in [-0.1, -0.05) is 6.92 Å². The van der Waals surface area contributed by atoms with Gasteiger partial charge in [0.1, 0.15) is 6.61 Å². The summed E-state index contributed by atoms with van der Waals surface area (Å²) in [4.78, 5) is 0. The van der Waals surface area contributed by atoms with Gasteiger partial charge in [0, 0.05) is 13.2 Å². The molecule has 1 aliphatic carbocycles. The zero-order valence-corrected chi connectivity index (χ0v) is 8.99. The maximum Gasteiger partial charge on any atom is 0.411 e. The molecule has 0 saturated heterocycles. The highest BCUT2D eigenvalue weighted by Gasteiger charge is 2.41. The first-order valence-corrected chi connectivity index (χ1v) is 5.33. The van der Waals surface area contributed by atoms with Crippen LogP contribution < -0.4 is 5.32 Å². The number of halogens is 3. The van der Waals surface area contributed by atoms with Crippen molar-refractivity contribution in [3.05, 3.63) is 0 Å². The summed E-state index contributed by atoms with van der Waals surface area (Å²) in [5, 5.41) is 3.23. The summed E-state index contributed by atoms with van der Waals surface area (Å²) in [6.07, 6.45) is -1.25. The van der Waals surface area contributed by atoms with Crippen molar-refractivity contribution in [2.45, 2.75) is 32.4 Å². The molecule has 0 aromatic heterocycles. The first-order chi connectivity index (χ1) is 6.97. The predicted molar refractivity (Wildman–Crippen MR) is 51.7 cm³/mol. The van der Waals surface area contributed by atoms with Gasteiger partial charge in [-0.15, -0.1) is 0 Å². The lowest BCUT2D eigenvalue weighted by atomic mass is 10.0. The molecule has 1 saturated carbocycles. The lowest BCUT2D eigenvalue weighted by Gasteiger charge is -2.15. The van der Waals surface area contributed by atoms with Crippen molar-refractivity contribution in [2.75, 3.05) is 26.3 Å². The molecule has 0 spiro atoms. The summed E-state index contributed by atoms with van der Waals surface area (Å²) in [6, 6.07) is 0. The van der Waals surface area contributed by atoms with E-state index < -0.39 is 12.8 Å². The van der Waals surface area contributed by atoms with Crippen molar-refractivity contribution in [3.8, 4) is 0 Å². The zero-order chi connectivity index (χ0) is 11.4. The fourth-order valence-corrected chi connectivity index (χ4v) is 1.56. The number of rotatable bonds is 7. The van der Waals surface area contributed by atoms with Gasteiger partial charge in [-0.3, -0.25) is 0 Å². The third-order valence-corrected chi connectivity index (χ3v) is 2.75. The first-order valence-electron chi connectivity index (χ1n) is 5.33. The maximum absolute atomic E-state index is 11.8. The van der Waals surface area contributed by atoms with E-state index in [9.17, 15) is 13.2 Å². The molecule has 5 heteroatoms. The molecular weight excluding hydrogens is 207 g/mol. The molecule has 0 heterocycles. The molecule has 1 aliphatic rings. The monoisotopic (exact) mass is 225 g/mol. The van der Waals surface area contributed by atoms with Gasteiger partial charge in [-0.2, -0.15) is 13.2 Å². The molecule has 0 atom stereocenters. The third-order valence-electron chi connectivity index (χ3n) is 2.75. The van der Waals surface area contributed by atoms with Gasteiger partial charge in [0.2, 0.25) is 0 Å². The van der Waals surface area contributed by atoms with Crippen molar-refractivity contribution < 1.29 is 17.9 Å². The van der Waals surface area contributed by atoms with Crippen molar-refractivity contribution in [1.29, 1.82) is 0 Å². The lowest BCUT2D eigenvalue weighted by molar-refractivity contribution is -0.174. The van der Waals surface area contributed by atoms with E-state index in [2.05, 4.69) is 10.1 Å². The molecule has 0 radical (unpaired) electrons. The number of ether oxygens (including phenoxy) is 1. The molecule has 1 fully saturated rings. The summed E-state index contributed by atoms with van der Waals surface area (Å²) >= 11 is 0. The van der Waals surface area contributed by atoms with Crippen LogP contribution in [0.4, 0.5) is 13.2 Å². The van der Waals surface area contributed by atoms with Crippen molar-refractivity contribution in [3.63, 3.8) is 0 Å². The minimum atomic E-state index is -4.20. The standard InChI is InChI=1S/C10H18F3NO/c1-2-14-7-9(3-4-9)5-6-15-8-10(11,12)13/h14H,2-8H2,1H3. The fraction of sp³-hybridized carbons (Fsp3) is 1.00. The summed E-state index contributed by atoms with van der Waals surface area (Å²) in [5.41, 5.74) is 0.224. The van der Waals surface area contributed by atoms with Gasteiger partial charge < -0.3 is 10.1 Å². The highest BCUT2D eigenvalue weighted by molar-refractivity contribution is 4.94. The molecular formula is C10H18F3NO. The van der Waals surface area contributed by atoms with E-state index in [-0.39, 0.29) is 12.0 Å². The molecule has 0 amide bonds. The van der Waals surface area contributed by atoms with E-state index in [0.29, 0.717) is 0 Å². The third kappa shape index (κ3) is 5.37. The average molecular weight is 225 g/mol. The van der Waals surface area contributed by atoms with Crippen LogP contribution >= 0.6 is 0 Å². The van der Waals surface area contributed by atoms with Gasteiger partial charge in [-0.05, 0) is 31.2 Å². The second-order valence-corrected chi connectivity index (χ2v) is 4.20. The lowest BCUT2D eigenvalue weighted by Crippen LogP contribution is -2.25. The molecule has 0 bridgehead atoms. The highest BCUT2D eigenvalue weighted by atomic mass is 19.4. The molecule has 90 valence electrons. The van der Waals surface area contributed by atoms with Crippen LogP contribution in [-0.4, -0.2) is 32.5 Å². The maximum atomic E-state index is 11.8. The number of hydrogen-bond donors (Lipinski definition) is 1. The van der Waals surface area contributed by atoms with Crippen LogP contribution in [0.3, 0.4) is 0 Å². The Kier molecular flexibility index (Phi) is 4.40. The Morgan fingerprint density at radius 3 is 2.47 bits per heavy atom. The molecule has 0 aromatic carbocycles. The molecule has 0 aromatic rings. The number of hydrogen-bond acceptors (Lipinski definition) is 2. The van der Waals surface area contributed by atoms with Crippen molar-refractivity contribution in [1.82, 2.24) is 5.32 Å². The van der Waals surface area contributed by atoms with Gasteiger partial charge in [0.15, 0.2) is 0 Å². The smallest absolute Gasteiger partial charge is 0.372 e. The molecule has 15 heavy (non-hydrogen) atoms. The second-order valence-electron chi connectivity index (χ2n) is 4.20. The summed E-state index contributed by atoms with van der Waals surface area (Å²) in [6.45, 7) is 2.93. The van der Waals surface area contributed by atoms with Crippen LogP contribution in [0, 0.1) is 5.41 Å². The topological polar surface area (TPSA) is 21.3 Å². The van der Waals surface area contributed by atoms with E-state index in [1.54, 1.807) is 0 Å². The second kappa shape index (κ2) is 5.16. The summed E-state index contributed by atoms with van der Waals surface area (Å²) in [5.74, 6) is 0. The number of nitrogens with one attached hydrogen (secondary N) is 1. The average Bonchev–Trinajstić information content (AvgIpc) is 2.89. The van der Waals surface area contributed by atoms with Crippen LogP contribution in [0.25, 0.3) is 0 Å². The molecule has 2 nitrogen and oxygen atoms in total. The van der Waals surface area contributed by atoms with Gasteiger partial charge >= 0.3 is 6.18 Å². The molecule has 0 unspecified atom stereocenters. The molecule has 0 aliphatic heterocycles. The van der Waals surface area contributed by atoms with Crippen LogP contribution in [0.15, 0.2) is 0 Å². The Balaban J connectivity index is 2.05. The van der Waals surface area contributed by atoms with Gasteiger partial charge in [0.25, 0.3) is 0 Å². The predicted octanol–water partition coefficient (Wildman–Crippen LogP) is 2.35. The minimum absolute atomic E-state index is 0.213. The fourth-order valence-electron chi connectivity index (χ4n) is 1.56. The SMILES string of the molecule is CCNCC1(CCOCC(F)(F)F)CC1. The Bertz CT molecular complexity index is 190. The van der Waals surface area contributed by atoms with E-state index in [1.807, 2.05) is 6.92 Å². The highest BCUT2D eigenvalue weighted by Crippen LogP contribution is 2.48. The molecule has 1 rings (SSSR count). The summed E-state index contributed by atoms with van der Waals surface area (Å²) < 4.78 is 39.9. The normalized spacial score (nSPS) is 19.2. The molecule has 1 N–H and O–H groups in total. The van der Waals surface area contributed by atoms with E-state index in [0.717, 1.165) is 32.4 Å². The van der Waals surface area contributed by atoms with E-state index in [4.69, 9.17) is 0 Å². The van der Waals surface area contributed by atoms with Crippen LogP contribution in [0.1, 0.15) is 26.2 Å². The zero-order valence-electron chi connectivity index (χ0n) is 8.99. The Labute approximate surface area is 88.2 Å². The Morgan fingerprint density at radius 2 is 2.00 bits per heavy atom. The Morgan fingerprint density at radius 1 is 1.33 bits per heavy atom. The van der Waals surface area contributed by atoms with Crippen LogP contribution in [-0.2, 0) is 4.74 Å². The number of alkyl halides is 3. The van der Waals surface area contributed by atoms with Gasteiger partial charge in [0.05, 0.1) is 0 Å². The van der Waals surface area contributed by atoms with Gasteiger partial charge in [-0.25, -0.2) is 0 Å². The van der Waals surface area contributed by atoms with Crippen molar-refractivity contribution in [2.24, 2.45) is 5.41 Å². The van der Waals surface area contributed by atoms with E-state index >= 15 is 0 Å². The van der Waals surface area contributed by atoms with E-state index in [1.165, 1.54) is 0 Å². The first kappa shape index (κ1) is 12.8. The van der Waals surface area contributed by atoms with Crippen LogP contribution in [0.2, 0.25) is 0 Å². The summed E-state index contributed by atoms with van der Waals surface area (Å²) in [7, 11) is 0.